The van der Waals surface area contributed by atoms with Crippen molar-refractivity contribution in [2.45, 2.75) is 39.0 Å². The summed E-state index contributed by atoms with van der Waals surface area (Å²) >= 11 is 4.72. The lowest BCUT2D eigenvalue weighted by atomic mass is 9.91. The molecule has 1 heterocycles. The second-order valence-electron chi connectivity index (χ2n) is 6.47. The Morgan fingerprint density at radius 3 is 2.52 bits per heavy atom. The van der Waals surface area contributed by atoms with Crippen LogP contribution in [0, 0.1) is 7.27 Å². The molecular weight excluding hydrogens is 510 g/mol. The van der Waals surface area contributed by atoms with Crippen molar-refractivity contribution in [1.29, 1.82) is 0 Å². The molecule has 0 aliphatic rings. The van der Waals surface area contributed by atoms with E-state index < -0.39 is 0 Å². The average molecular weight is 530 g/mol. The van der Waals surface area contributed by atoms with E-state index in [2.05, 4.69) is 113 Å². The minimum absolute atomic E-state index is 0.489. The number of aromatic nitrogens is 2. The monoisotopic (exact) mass is 530 g/mol. The topological polar surface area (TPSA) is 28.7 Å². The van der Waals surface area contributed by atoms with Crippen LogP contribution in [0.4, 0.5) is 0 Å². The molecule has 0 aliphatic heterocycles. The zero-order valence-electron chi connectivity index (χ0n) is 13.5. The van der Waals surface area contributed by atoms with Crippen molar-refractivity contribution < 1.29 is 0 Å². The SMILES string of the molecule is CC(C)c1cc(I)cc(CC(C)c2ccc3[nH]nc(I)c3c2)c1. The molecule has 0 fully saturated rings. The lowest BCUT2D eigenvalue weighted by Crippen LogP contribution is -2.00. The summed E-state index contributed by atoms with van der Waals surface area (Å²) < 4.78 is 2.37. The highest BCUT2D eigenvalue weighted by atomic mass is 127. The number of benzene rings is 2. The summed E-state index contributed by atoms with van der Waals surface area (Å²) in [6, 6.07) is 13.6. The Balaban J connectivity index is 1.88. The zero-order valence-corrected chi connectivity index (χ0v) is 17.8. The molecule has 2 nitrogen and oxygen atoms in total. The molecular formula is C19H20I2N2. The predicted molar refractivity (Wildman–Crippen MR) is 114 cm³/mol. The summed E-state index contributed by atoms with van der Waals surface area (Å²) in [5.41, 5.74) is 5.34. The van der Waals surface area contributed by atoms with E-state index in [1.807, 2.05) is 0 Å². The van der Waals surface area contributed by atoms with E-state index in [0.717, 1.165) is 15.6 Å². The Hall–Kier alpha value is -0.630. The van der Waals surface area contributed by atoms with Gasteiger partial charge in [-0.2, -0.15) is 5.10 Å². The number of nitrogens with zero attached hydrogens (tertiary/aromatic N) is 1. The van der Waals surface area contributed by atoms with Crippen LogP contribution in [-0.2, 0) is 6.42 Å². The van der Waals surface area contributed by atoms with Crippen LogP contribution in [0.2, 0.25) is 0 Å². The van der Waals surface area contributed by atoms with Gasteiger partial charge in [0, 0.05) is 8.96 Å². The second kappa shape index (κ2) is 7.09. The third kappa shape index (κ3) is 3.90. The van der Waals surface area contributed by atoms with E-state index in [1.165, 1.54) is 25.6 Å². The van der Waals surface area contributed by atoms with Gasteiger partial charge in [-0.05, 0) is 104 Å². The summed E-state index contributed by atoms with van der Waals surface area (Å²) in [6.07, 6.45) is 1.07. The molecule has 0 amide bonds. The summed E-state index contributed by atoms with van der Waals surface area (Å²) in [5, 5.41) is 8.58. The van der Waals surface area contributed by atoms with E-state index in [9.17, 15) is 0 Å². The number of rotatable bonds is 4. The van der Waals surface area contributed by atoms with Crippen LogP contribution >= 0.6 is 45.2 Å². The first-order valence-electron chi connectivity index (χ1n) is 7.87. The summed E-state index contributed by atoms with van der Waals surface area (Å²) in [7, 11) is 0. The third-order valence-electron chi connectivity index (χ3n) is 4.30. The van der Waals surface area contributed by atoms with Crippen LogP contribution in [0.1, 0.15) is 49.3 Å². The Labute approximate surface area is 164 Å². The van der Waals surface area contributed by atoms with Gasteiger partial charge >= 0.3 is 0 Å². The highest BCUT2D eigenvalue weighted by Crippen LogP contribution is 2.28. The van der Waals surface area contributed by atoms with Crippen LogP contribution in [0.25, 0.3) is 10.9 Å². The maximum atomic E-state index is 4.28. The highest BCUT2D eigenvalue weighted by Gasteiger charge is 2.12. The van der Waals surface area contributed by atoms with Gasteiger partial charge in [0.1, 0.15) is 3.70 Å². The molecule has 1 unspecified atom stereocenters. The van der Waals surface area contributed by atoms with Crippen LogP contribution in [0.5, 0.6) is 0 Å². The lowest BCUT2D eigenvalue weighted by molar-refractivity contribution is 0.755. The maximum Gasteiger partial charge on any atom is 0.130 e. The van der Waals surface area contributed by atoms with Gasteiger partial charge < -0.3 is 0 Å². The first-order chi connectivity index (χ1) is 10.9. The van der Waals surface area contributed by atoms with Crippen LogP contribution in [-0.4, -0.2) is 10.2 Å². The van der Waals surface area contributed by atoms with Crippen LogP contribution in [0.15, 0.2) is 36.4 Å². The smallest absolute Gasteiger partial charge is 0.130 e. The highest BCUT2D eigenvalue weighted by molar-refractivity contribution is 14.1. The number of H-pyrrole nitrogens is 1. The number of hydrogen-bond donors (Lipinski definition) is 1. The fourth-order valence-electron chi connectivity index (χ4n) is 2.90. The molecule has 23 heavy (non-hydrogen) atoms. The van der Waals surface area contributed by atoms with Crippen molar-refractivity contribution in [3.05, 3.63) is 60.4 Å². The van der Waals surface area contributed by atoms with E-state index in [-0.39, 0.29) is 0 Å². The maximum absolute atomic E-state index is 4.28. The molecule has 2 aromatic carbocycles. The van der Waals surface area contributed by atoms with E-state index in [1.54, 1.807) is 0 Å². The Morgan fingerprint density at radius 2 is 1.78 bits per heavy atom. The van der Waals surface area contributed by atoms with E-state index in [0.29, 0.717) is 11.8 Å². The quantitative estimate of drug-likeness (QED) is 0.398. The van der Waals surface area contributed by atoms with Crippen molar-refractivity contribution in [2.24, 2.45) is 0 Å². The van der Waals surface area contributed by atoms with E-state index >= 15 is 0 Å². The molecule has 0 aliphatic carbocycles. The molecule has 0 saturated heterocycles. The van der Waals surface area contributed by atoms with Gasteiger partial charge in [0.15, 0.2) is 0 Å². The molecule has 1 aromatic heterocycles. The summed E-state index contributed by atoms with van der Waals surface area (Å²) in [6.45, 7) is 6.82. The van der Waals surface area contributed by atoms with Crippen molar-refractivity contribution in [1.82, 2.24) is 10.2 Å². The van der Waals surface area contributed by atoms with Gasteiger partial charge in [-0.3, -0.25) is 5.10 Å². The standard InChI is InChI=1S/C19H20I2N2/c1-11(2)15-7-13(8-16(20)9-15)6-12(3)14-4-5-18-17(10-14)19(21)23-22-18/h4-5,7-12H,6H2,1-3H3,(H,22,23). The molecule has 4 heteroatoms. The second-order valence-corrected chi connectivity index (χ2v) is 8.74. The Kier molecular flexibility index (Phi) is 5.30. The van der Waals surface area contributed by atoms with Gasteiger partial charge in [0.2, 0.25) is 0 Å². The molecule has 1 atom stereocenters. The fourth-order valence-corrected chi connectivity index (χ4v) is 4.23. The van der Waals surface area contributed by atoms with Crippen LogP contribution < -0.4 is 0 Å². The minimum atomic E-state index is 0.489. The predicted octanol–water partition coefficient (Wildman–Crippen LogP) is 6.24. The number of aromatic amines is 1. The molecule has 0 spiro atoms. The van der Waals surface area contributed by atoms with Crippen molar-refractivity contribution in [3.8, 4) is 0 Å². The van der Waals surface area contributed by atoms with Crippen molar-refractivity contribution >= 4 is 56.1 Å². The first kappa shape index (κ1) is 17.2. The normalized spacial score (nSPS) is 13.0. The number of nitrogens with one attached hydrogen (secondary N) is 1. The van der Waals surface area contributed by atoms with Crippen molar-refractivity contribution in [3.63, 3.8) is 0 Å². The van der Waals surface area contributed by atoms with Gasteiger partial charge in [-0.25, -0.2) is 0 Å². The zero-order chi connectivity index (χ0) is 16.6. The third-order valence-corrected chi connectivity index (χ3v) is 5.74. The number of fused-ring (bicyclic) bond motifs is 1. The Bertz CT molecular complexity index is 837. The first-order valence-corrected chi connectivity index (χ1v) is 10.0. The summed E-state index contributed by atoms with van der Waals surface area (Å²) in [5.74, 6) is 1.06. The van der Waals surface area contributed by atoms with Gasteiger partial charge in [0.25, 0.3) is 0 Å². The average Bonchev–Trinajstić information content (AvgIpc) is 2.87. The van der Waals surface area contributed by atoms with Crippen LogP contribution in [0.3, 0.4) is 0 Å². The molecule has 0 radical (unpaired) electrons. The van der Waals surface area contributed by atoms with E-state index in [4.69, 9.17) is 0 Å². The van der Waals surface area contributed by atoms with Crippen molar-refractivity contribution in [2.75, 3.05) is 0 Å². The van der Waals surface area contributed by atoms with Gasteiger partial charge in [-0.1, -0.05) is 32.9 Å². The number of halogens is 2. The van der Waals surface area contributed by atoms with Gasteiger partial charge in [0.05, 0.1) is 5.52 Å². The Morgan fingerprint density at radius 1 is 1.00 bits per heavy atom. The van der Waals surface area contributed by atoms with Gasteiger partial charge in [-0.15, -0.1) is 0 Å². The molecule has 3 rings (SSSR count). The number of hydrogen-bond acceptors (Lipinski definition) is 1. The summed E-state index contributed by atoms with van der Waals surface area (Å²) in [4.78, 5) is 0. The molecule has 0 bridgehead atoms. The largest absolute Gasteiger partial charge is 0.277 e. The lowest BCUT2D eigenvalue weighted by Gasteiger charge is -2.15. The molecule has 120 valence electrons. The fraction of sp³-hybridized carbons (Fsp3) is 0.316. The molecule has 1 N–H and O–H groups in total. The minimum Gasteiger partial charge on any atom is -0.277 e. The molecule has 0 saturated carbocycles. The molecule has 3 aromatic rings.